The molecule has 1 aromatic rings. The largest absolute Gasteiger partial charge is 0.487 e. The van der Waals surface area contributed by atoms with Crippen molar-refractivity contribution in [3.05, 3.63) is 44.9 Å². The number of rotatable bonds is 5. The lowest BCUT2D eigenvalue weighted by Gasteiger charge is -2.11. The Morgan fingerprint density at radius 3 is 2.68 bits per heavy atom. The lowest BCUT2D eigenvalue weighted by molar-refractivity contribution is -0.131. The van der Waals surface area contributed by atoms with Crippen LogP contribution in [-0.2, 0) is 4.79 Å². The summed E-state index contributed by atoms with van der Waals surface area (Å²) in [6.07, 6.45) is 2.36. The molecule has 0 amide bonds. The van der Waals surface area contributed by atoms with Crippen LogP contribution in [0, 0.1) is 0 Å². The second-order valence-corrected chi connectivity index (χ2v) is 4.78. The van der Waals surface area contributed by atoms with Crippen LogP contribution in [0.1, 0.15) is 12.5 Å². The van der Waals surface area contributed by atoms with Gasteiger partial charge in [-0.2, -0.15) is 0 Å². The van der Waals surface area contributed by atoms with Gasteiger partial charge < -0.3 is 9.84 Å². The Labute approximate surface area is 126 Å². The van der Waals surface area contributed by atoms with E-state index in [1.165, 1.54) is 17.7 Å². The minimum absolute atomic E-state index is 0.249. The van der Waals surface area contributed by atoms with Crippen molar-refractivity contribution in [1.82, 2.24) is 0 Å². The minimum Gasteiger partial charge on any atom is -0.487 e. The molecule has 0 heterocycles. The highest BCUT2D eigenvalue weighted by Crippen LogP contribution is 2.33. The van der Waals surface area contributed by atoms with E-state index in [0.29, 0.717) is 21.4 Å². The van der Waals surface area contributed by atoms with Crippen LogP contribution in [0.5, 0.6) is 5.75 Å². The summed E-state index contributed by atoms with van der Waals surface area (Å²) in [5, 5.41) is 9.34. The van der Waals surface area contributed by atoms with Crippen molar-refractivity contribution < 1.29 is 14.6 Å². The van der Waals surface area contributed by atoms with Gasteiger partial charge in [0, 0.05) is 22.2 Å². The summed E-state index contributed by atoms with van der Waals surface area (Å²) < 4.78 is 5.52. The smallest absolute Gasteiger partial charge is 0.328 e. The molecule has 0 saturated carbocycles. The van der Waals surface area contributed by atoms with Crippen LogP contribution in [0.25, 0.3) is 6.08 Å². The van der Waals surface area contributed by atoms with Crippen LogP contribution >= 0.6 is 34.8 Å². The lowest BCUT2D eigenvalue weighted by Crippen LogP contribution is -2.00. The van der Waals surface area contributed by atoms with Gasteiger partial charge in [0.05, 0.1) is 5.02 Å². The van der Waals surface area contributed by atoms with Crippen LogP contribution in [-0.4, -0.2) is 17.7 Å². The van der Waals surface area contributed by atoms with Gasteiger partial charge >= 0.3 is 5.97 Å². The van der Waals surface area contributed by atoms with Crippen molar-refractivity contribution in [2.75, 3.05) is 6.61 Å². The number of halogens is 3. The zero-order valence-corrected chi connectivity index (χ0v) is 12.3. The van der Waals surface area contributed by atoms with Crippen LogP contribution < -0.4 is 4.74 Å². The maximum absolute atomic E-state index is 10.5. The topological polar surface area (TPSA) is 46.5 Å². The fraction of sp³-hybridized carbons (Fsp3) is 0.154. The number of ether oxygens (including phenoxy) is 1. The quantitative estimate of drug-likeness (QED) is 0.805. The molecule has 3 nitrogen and oxygen atoms in total. The summed E-state index contributed by atoms with van der Waals surface area (Å²) in [4.78, 5) is 10.5. The van der Waals surface area contributed by atoms with Gasteiger partial charge in [-0.3, -0.25) is 0 Å². The average Bonchev–Trinajstić information content (AvgIpc) is 2.34. The number of hydrogen-bond acceptors (Lipinski definition) is 2. The van der Waals surface area contributed by atoms with Gasteiger partial charge in [0.1, 0.15) is 12.4 Å². The molecule has 0 fully saturated rings. The summed E-state index contributed by atoms with van der Waals surface area (Å²) in [6, 6.07) is 3.10. The third-order valence-corrected chi connectivity index (χ3v) is 2.94. The average molecular weight is 322 g/mol. The molecular formula is C13H11Cl3O3. The first-order chi connectivity index (χ1) is 8.93. The molecule has 0 aliphatic carbocycles. The zero-order valence-electron chi connectivity index (χ0n) is 9.99. The van der Waals surface area contributed by atoms with Gasteiger partial charge in [0.15, 0.2) is 0 Å². The Balaban J connectivity index is 3.09. The molecule has 0 unspecified atom stereocenters. The second kappa shape index (κ2) is 7.43. The van der Waals surface area contributed by atoms with Crippen LogP contribution in [0.3, 0.4) is 0 Å². The number of aliphatic carboxylic acids is 1. The summed E-state index contributed by atoms with van der Waals surface area (Å²) in [7, 11) is 0. The first kappa shape index (κ1) is 15.9. The summed E-state index contributed by atoms with van der Waals surface area (Å²) in [5.41, 5.74) is 2.69. The van der Waals surface area contributed by atoms with E-state index in [0.717, 1.165) is 11.6 Å². The number of hydrogen-bond donors (Lipinski definition) is 1. The van der Waals surface area contributed by atoms with Crippen molar-refractivity contribution in [3.63, 3.8) is 0 Å². The Morgan fingerprint density at radius 2 is 2.11 bits per heavy atom. The van der Waals surface area contributed by atoms with Crippen molar-refractivity contribution >= 4 is 46.8 Å². The number of benzene rings is 1. The van der Waals surface area contributed by atoms with E-state index in [1.54, 1.807) is 13.0 Å². The van der Waals surface area contributed by atoms with E-state index in [1.807, 2.05) is 0 Å². The highest BCUT2D eigenvalue weighted by atomic mass is 35.5. The first-order valence-corrected chi connectivity index (χ1v) is 6.42. The van der Waals surface area contributed by atoms with Crippen molar-refractivity contribution in [1.29, 1.82) is 0 Å². The normalized spacial score (nSPS) is 11.9. The third-order valence-electron chi connectivity index (χ3n) is 2.07. The van der Waals surface area contributed by atoms with E-state index in [-0.39, 0.29) is 6.61 Å². The lowest BCUT2D eigenvalue weighted by atomic mass is 10.2. The molecule has 0 aliphatic heterocycles. The van der Waals surface area contributed by atoms with Crippen LogP contribution in [0.2, 0.25) is 10.0 Å². The van der Waals surface area contributed by atoms with E-state index < -0.39 is 5.97 Å². The highest BCUT2D eigenvalue weighted by Gasteiger charge is 2.09. The molecule has 19 heavy (non-hydrogen) atoms. The fourth-order valence-corrected chi connectivity index (χ4v) is 1.86. The molecule has 102 valence electrons. The number of carboxylic acid groups (broad SMARTS) is 1. The summed E-state index contributed by atoms with van der Waals surface area (Å²) in [5.74, 6) is -0.708. The Bertz CT molecular complexity index is 536. The highest BCUT2D eigenvalue weighted by molar-refractivity contribution is 6.36. The molecule has 6 heteroatoms. The molecule has 0 atom stereocenters. The molecule has 0 aromatic heterocycles. The standard InChI is InChI=1S/C13H11Cl3O3/c1-8(6-14)7-19-13-9(2-3-12(17)18)4-10(15)5-11(13)16/h2-6H,7H2,1H3,(H,17,18)/b3-2+,8-6-. The van der Waals surface area contributed by atoms with Crippen molar-refractivity contribution in [2.45, 2.75) is 6.92 Å². The van der Waals surface area contributed by atoms with Gasteiger partial charge in [-0.05, 0) is 30.7 Å². The first-order valence-electron chi connectivity index (χ1n) is 5.22. The maximum atomic E-state index is 10.5. The van der Waals surface area contributed by atoms with Gasteiger partial charge in [-0.25, -0.2) is 4.79 Å². The number of carboxylic acids is 1. The Hall–Kier alpha value is -1.16. The van der Waals surface area contributed by atoms with Gasteiger partial charge in [0.25, 0.3) is 0 Å². The third kappa shape index (κ3) is 5.15. The molecule has 0 saturated heterocycles. The monoisotopic (exact) mass is 320 g/mol. The molecule has 0 radical (unpaired) electrons. The minimum atomic E-state index is -1.07. The predicted molar refractivity (Wildman–Crippen MR) is 78.2 cm³/mol. The van der Waals surface area contributed by atoms with E-state index in [2.05, 4.69) is 0 Å². The fourth-order valence-electron chi connectivity index (χ4n) is 1.23. The Morgan fingerprint density at radius 1 is 1.42 bits per heavy atom. The second-order valence-electron chi connectivity index (χ2n) is 3.72. The van der Waals surface area contributed by atoms with Gasteiger partial charge in [-0.15, -0.1) is 0 Å². The molecule has 1 aromatic carbocycles. The van der Waals surface area contributed by atoms with Crippen LogP contribution in [0.4, 0.5) is 0 Å². The molecule has 0 spiro atoms. The molecule has 0 bridgehead atoms. The van der Waals surface area contributed by atoms with E-state index in [4.69, 9.17) is 44.6 Å². The van der Waals surface area contributed by atoms with Gasteiger partial charge in [0.2, 0.25) is 0 Å². The van der Waals surface area contributed by atoms with E-state index in [9.17, 15) is 4.79 Å². The molecular weight excluding hydrogens is 310 g/mol. The maximum Gasteiger partial charge on any atom is 0.328 e. The Kier molecular flexibility index (Phi) is 6.22. The predicted octanol–water partition coefficient (Wildman–Crippen LogP) is 4.61. The van der Waals surface area contributed by atoms with Crippen LogP contribution in [0.15, 0.2) is 29.3 Å². The van der Waals surface area contributed by atoms with E-state index >= 15 is 0 Å². The van der Waals surface area contributed by atoms with Crippen molar-refractivity contribution in [3.8, 4) is 5.75 Å². The van der Waals surface area contributed by atoms with Gasteiger partial charge in [-0.1, -0.05) is 34.8 Å². The SMILES string of the molecule is C/C(=C/Cl)COc1c(Cl)cc(Cl)cc1/C=C/C(=O)O. The number of carbonyl (C=O) groups is 1. The summed E-state index contributed by atoms with van der Waals surface area (Å²) >= 11 is 17.4. The molecule has 1 N–H and O–H groups in total. The molecule has 1 rings (SSSR count). The molecule has 0 aliphatic rings. The van der Waals surface area contributed by atoms with Crippen molar-refractivity contribution in [2.24, 2.45) is 0 Å². The summed E-state index contributed by atoms with van der Waals surface area (Å²) in [6.45, 7) is 2.04. The zero-order chi connectivity index (χ0) is 14.4.